The summed E-state index contributed by atoms with van der Waals surface area (Å²) in [4.78, 5) is 24.9. The molecule has 1 aliphatic heterocycles. The first-order valence-electron chi connectivity index (χ1n) is 11.8. The van der Waals surface area contributed by atoms with Crippen molar-refractivity contribution in [3.05, 3.63) is 69.8 Å². The van der Waals surface area contributed by atoms with E-state index in [0.29, 0.717) is 12.4 Å². The minimum atomic E-state index is -0.175. The topological polar surface area (TPSA) is 75.9 Å². The number of anilines is 2. The average molecular weight is 457 g/mol. The Bertz CT molecular complexity index is 1310. The largest absolute Gasteiger partial charge is 0.378 e. The fourth-order valence-electron chi connectivity index (χ4n) is 5.32. The summed E-state index contributed by atoms with van der Waals surface area (Å²) >= 11 is 0. The van der Waals surface area contributed by atoms with Gasteiger partial charge in [-0.2, -0.15) is 9.78 Å². The second-order valence-electron chi connectivity index (χ2n) is 10.6. The van der Waals surface area contributed by atoms with Crippen LogP contribution < -0.4 is 10.2 Å². The number of carbonyl (C=O) groups excluding carboxylic acids is 1. The molecule has 1 aromatic carbocycles. The molecule has 176 valence electrons. The van der Waals surface area contributed by atoms with Gasteiger partial charge in [0.25, 0.3) is 5.95 Å². The lowest BCUT2D eigenvalue weighted by atomic mass is 9.69. The molecule has 0 fully saturated rings. The fourth-order valence-corrected chi connectivity index (χ4v) is 5.32. The summed E-state index contributed by atoms with van der Waals surface area (Å²) in [6.45, 7) is 10.2. The number of hydrogen-bond donors (Lipinski definition) is 1. The van der Waals surface area contributed by atoms with E-state index in [2.05, 4.69) is 58.3 Å². The molecule has 7 heteroatoms. The maximum absolute atomic E-state index is 13.5. The summed E-state index contributed by atoms with van der Waals surface area (Å²) in [5.41, 5.74) is 7.65. The second-order valence-corrected chi connectivity index (χ2v) is 10.6. The molecule has 0 saturated heterocycles. The minimum Gasteiger partial charge on any atom is -0.378 e. The summed E-state index contributed by atoms with van der Waals surface area (Å²) in [6.07, 6.45) is 1.35. The first-order valence-corrected chi connectivity index (χ1v) is 11.8. The lowest BCUT2D eigenvalue weighted by molar-refractivity contribution is -0.118. The Morgan fingerprint density at radius 1 is 1.03 bits per heavy atom. The van der Waals surface area contributed by atoms with Crippen molar-refractivity contribution in [1.82, 2.24) is 19.7 Å². The van der Waals surface area contributed by atoms with Crippen LogP contribution in [0.25, 0.3) is 5.95 Å². The standard InChI is InChI=1S/C27H32N6O/c1-15-12-16(2)29-26(28-15)33-25-22(17(3)31-33)23(18-8-10-19(11-9-18)32(6)7)24-20(30-25)13-27(4,5)14-21(24)34/h8-12,23,30H,13-14H2,1-7H3. The van der Waals surface area contributed by atoms with Gasteiger partial charge in [0.2, 0.25) is 0 Å². The molecular weight excluding hydrogens is 424 g/mol. The smallest absolute Gasteiger partial charge is 0.252 e. The van der Waals surface area contributed by atoms with Crippen LogP contribution in [0.4, 0.5) is 11.5 Å². The van der Waals surface area contributed by atoms with E-state index in [1.165, 1.54) is 0 Å². The van der Waals surface area contributed by atoms with E-state index >= 15 is 0 Å². The highest BCUT2D eigenvalue weighted by atomic mass is 16.1. The summed E-state index contributed by atoms with van der Waals surface area (Å²) in [7, 11) is 4.06. The number of ketones is 1. The van der Waals surface area contributed by atoms with E-state index in [1.54, 1.807) is 0 Å². The van der Waals surface area contributed by atoms with Crippen molar-refractivity contribution in [2.24, 2.45) is 5.41 Å². The van der Waals surface area contributed by atoms with Crippen LogP contribution in [0.5, 0.6) is 0 Å². The molecule has 0 bridgehead atoms. The van der Waals surface area contributed by atoms with Crippen molar-refractivity contribution in [2.45, 2.75) is 53.4 Å². The maximum atomic E-state index is 13.5. The third kappa shape index (κ3) is 3.69. The molecule has 1 unspecified atom stereocenters. The van der Waals surface area contributed by atoms with Crippen molar-refractivity contribution in [1.29, 1.82) is 0 Å². The molecule has 5 rings (SSSR count). The number of allylic oxidation sites excluding steroid dienone is 2. The molecular formula is C27H32N6O. The van der Waals surface area contributed by atoms with Crippen LogP contribution in [0, 0.1) is 26.2 Å². The van der Waals surface area contributed by atoms with Gasteiger partial charge < -0.3 is 10.2 Å². The Hall–Kier alpha value is -3.48. The number of fused-ring (bicyclic) bond motifs is 1. The summed E-state index contributed by atoms with van der Waals surface area (Å²) in [6, 6.07) is 10.5. The molecule has 0 radical (unpaired) electrons. The highest BCUT2D eigenvalue weighted by Gasteiger charge is 2.43. The van der Waals surface area contributed by atoms with Crippen LogP contribution in [-0.4, -0.2) is 39.6 Å². The van der Waals surface area contributed by atoms with Gasteiger partial charge in [0.15, 0.2) is 5.78 Å². The number of hydrogen-bond acceptors (Lipinski definition) is 6. The summed E-state index contributed by atoms with van der Waals surface area (Å²) < 4.78 is 1.81. The predicted molar refractivity (Wildman–Crippen MR) is 135 cm³/mol. The van der Waals surface area contributed by atoms with Gasteiger partial charge in [-0.25, -0.2) is 9.97 Å². The number of aryl methyl sites for hydroxylation is 3. The van der Waals surface area contributed by atoms with Gasteiger partial charge in [-0.15, -0.1) is 0 Å². The zero-order chi connectivity index (χ0) is 24.4. The number of nitrogens with zero attached hydrogens (tertiary/aromatic N) is 5. The lowest BCUT2D eigenvalue weighted by Crippen LogP contribution is -2.34. The predicted octanol–water partition coefficient (Wildman–Crippen LogP) is 4.85. The molecule has 7 nitrogen and oxygen atoms in total. The van der Waals surface area contributed by atoms with Crippen molar-refractivity contribution in [2.75, 3.05) is 24.3 Å². The third-order valence-electron chi connectivity index (χ3n) is 6.78. The van der Waals surface area contributed by atoms with Crippen LogP contribution in [0.15, 0.2) is 41.6 Å². The van der Waals surface area contributed by atoms with Crippen LogP contribution >= 0.6 is 0 Å². The van der Waals surface area contributed by atoms with Crippen molar-refractivity contribution in [3.8, 4) is 5.95 Å². The first kappa shape index (κ1) is 22.3. The number of nitrogens with one attached hydrogen (secondary N) is 1. The van der Waals surface area contributed by atoms with Crippen LogP contribution in [0.2, 0.25) is 0 Å². The first-order chi connectivity index (χ1) is 16.0. The quantitative estimate of drug-likeness (QED) is 0.607. The van der Waals surface area contributed by atoms with Crippen LogP contribution in [-0.2, 0) is 4.79 Å². The Kier molecular flexibility index (Phi) is 5.11. The minimum absolute atomic E-state index is 0.101. The molecule has 2 aromatic heterocycles. The van der Waals surface area contributed by atoms with Crippen LogP contribution in [0.3, 0.4) is 0 Å². The Labute approximate surface area is 200 Å². The number of benzene rings is 1. The molecule has 0 spiro atoms. The zero-order valence-electron chi connectivity index (χ0n) is 21.0. The van der Waals surface area contributed by atoms with E-state index < -0.39 is 0 Å². The molecule has 0 amide bonds. The number of rotatable bonds is 3. The molecule has 1 atom stereocenters. The van der Waals surface area contributed by atoms with Gasteiger partial charge in [-0.05, 0) is 56.4 Å². The molecule has 3 heterocycles. The average Bonchev–Trinajstić information content (AvgIpc) is 3.07. The van der Waals surface area contributed by atoms with E-state index in [1.807, 2.05) is 45.6 Å². The molecule has 1 N–H and O–H groups in total. The second kappa shape index (κ2) is 7.79. The van der Waals surface area contributed by atoms with Gasteiger partial charge in [0.1, 0.15) is 5.82 Å². The Morgan fingerprint density at radius 2 is 1.68 bits per heavy atom. The monoisotopic (exact) mass is 456 g/mol. The number of carbonyl (C=O) groups is 1. The molecule has 2 aliphatic rings. The highest BCUT2D eigenvalue weighted by Crippen LogP contribution is 2.50. The van der Waals surface area contributed by atoms with Gasteiger partial charge in [-0.1, -0.05) is 26.0 Å². The Balaban J connectivity index is 1.73. The van der Waals surface area contributed by atoms with Gasteiger partial charge >= 0.3 is 0 Å². The van der Waals surface area contributed by atoms with E-state index in [-0.39, 0.29) is 17.1 Å². The normalized spacial score (nSPS) is 18.9. The van der Waals surface area contributed by atoms with Gasteiger partial charge in [0, 0.05) is 60.3 Å². The van der Waals surface area contributed by atoms with Gasteiger partial charge in [0.05, 0.1) is 5.69 Å². The van der Waals surface area contributed by atoms with Crippen LogP contribution in [0.1, 0.15) is 60.8 Å². The van der Waals surface area contributed by atoms with Crippen molar-refractivity contribution >= 4 is 17.3 Å². The van der Waals surface area contributed by atoms with Crippen molar-refractivity contribution < 1.29 is 4.79 Å². The fraction of sp³-hybridized carbons (Fsp3) is 0.407. The molecule has 1 aliphatic carbocycles. The molecule has 34 heavy (non-hydrogen) atoms. The SMILES string of the molecule is Cc1cc(C)nc(-n2nc(C)c3c2NC2=C(C(=O)CC(C)(C)C2)C3c2ccc(N(C)C)cc2)n1. The Morgan fingerprint density at radius 3 is 2.29 bits per heavy atom. The van der Waals surface area contributed by atoms with E-state index in [0.717, 1.165) is 57.4 Å². The summed E-state index contributed by atoms with van der Waals surface area (Å²) in [5.74, 6) is 1.43. The summed E-state index contributed by atoms with van der Waals surface area (Å²) in [5, 5.41) is 8.48. The van der Waals surface area contributed by atoms with Gasteiger partial charge in [-0.3, -0.25) is 4.79 Å². The highest BCUT2D eigenvalue weighted by molar-refractivity contribution is 6.01. The maximum Gasteiger partial charge on any atom is 0.252 e. The lowest BCUT2D eigenvalue weighted by Gasteiger charge is -2.38. The number of Topliss-reactive ketones (excluding diaryl/α,β-unsaturated/α-hetero) is 1. The van der Waals surface area contributed by atoms with E-state index in [9.17, 15) is 4.79 Å². The molecule has 3 aromatic rings. The zero-order valence-corrected chi connectivity index (χ0v) is 21.0. The molecule has 0 saturated carbocycles. The van der Waals surface area contributed by atoms with E-state index in [4.69, 9.17) is 5.10 Å². The van der Waals surface area contributed by atoms with Crippen molar-refractivity contribution in [3.63, 3.8) is 0 Å². The number of aromatic nitrogens is 4. The third-order valence-corrected chi connectivity index (χ3v) is 6.78.